The van der Waals surface area contributed by atoms with E-state index in [1.165, 1.54) is 25.8 Å². The quantitative estimate of drug-likeness (QED) is 0.763. The van der Waals surface area contributed by atoms with E-state index in [1.54, 1.807) is 11.1 Å². The first-order valence-electron chi connectivity index (χ1n) is 8.11. The van der Waals surface area contributed by atoms with E-state index in [2.05, 4.69) is 58.9 Å². The van der Waals surface area contributed by atoms with Crippen LogP contribution in [-0.2, 0) is 11.2 Å². The van der Waals surface area contributed by atoms with E-state index in [0.29, 0.717) is 12.0 Å². The predicted octanol–water partition coefficient (Wildman–Crippen LogP) is 3.98. The Morgan fingerprint density at radius 2 is 2.14 bits per heavy atom. The summed E-state index contributed by atoms with van der Waals surface area (Å²) in [5.41, 5.74) is 3.12. The molecule has 0 N–H and O–H groups in total. The number of fused-ring (bicyclic) bond motifs is 1. The van der Waals surface area contributed by atoms with Gasteiger partial charge in [0.1, 0.15) is 0 Å². The average Bonchev–Trinajstić information content (AvgIpc) is 2.46. The number of nitrogens with zero attached hydrogens (tertiary/aromatic N) is 1. The fourth-order valence-electron chi connectivity index (χ4n) is 3.99. The summed E-state index contributed by atoms with van der Waals surface area (Å²) >= 11 is 3.59. The van der Waals surface area contributed by atoms with E-state index in [9.17, 15) is 0 Å². The molecule has 0 radical (unpaired) electrons. The Balaban J connectivity index is 1.72. The Morgan fingerprint density at radius 3 is 2.95 bits per heavy atom. The third kappa shape index (κ3) is 3.69. The van der Waals surface area contributed by atoms with Crippen LogP contribution in [0.5, 0.6) is 0 Å². The summed E-state index contributed by atoms with van der Waals surface area (Å²) < 4.78 is 6.12. The van der Waals surface area contributed by atoms with Gasteiger partial charge in [-0.05, 0) is 50.2 Å². The van der Waals surface area contributed by atoms with Crippen LogP contribution >= 0.6 is 15.9 Å². The van der Waals surface area contributed by atoms with Crippen LogP contribution in [0.4, 0.5) is 0 Å². The molecule has 1 heterocycles. The number of aryl methyl sites for hydroxylation is 1. The van der Waals surface area contributed by atoms with E-state index < -0.39 is 0 Å². The molecule has 1 saturated heterocycles. The summed E-state index contributed by atoms with van der Waals surface area (Å²) in [6.07, 6.45) is 4.23. The maximum absolute atomic E-state index is 6.12. The summed E-state index contributed by atoms with van der Waals surface area (Å²) in [6.45, 7) is 7.68. The van der Waals surface area contributed by atoms with Crippen LogP contribution in [0.15, 0.2) is 24.3 Å². The van der Waals surface area contributed by atoms with Gasteiger partial charge in [-0.15, -0.1) is 0 Å². The van der Waals surface area contributed by atoms with Gasteiger partial charge in [0.25, 0.3) is 0 Å². The molecule has 1 aromatic rings. The Kier molecular flexibility index (Phi) is 4.72. The van der Waals surface area contributed by atoms with E-state index >= 15 is 0 Å². The molecule has 2 nitrogen and oxygen atoms in total. The van der Waals surface area contributed by atoms with Crippen molar-refractivity contribution >= 4 is 15.9 Å². The second-order valence-corrected chi connectivity index (χ2v) is 7.78. The molecule has 3 rings (SSSR count). The lowest BCUT2D eigenvalue weighted by atomic mass is 9.82. The Labute approximate surface area is 137 Å². The third-order valence-electron chi connectivity index (χ3n) is 4.70. The van der Waals surface area contributed by atoms with E-state index in [-0.39, 0.29) is 5.60 Å². The van der Waals surface area contributed by atoms with Gasteiger partial charge in [0, 0.05) is 25.0 Å². The molecule has 0 spiro atoms. The summed E-state index contributed by atoms with van der Waals surface area (Å²) in [5.74, 6) is 0.694. The van der Waals surface area contributed by atoms with E-state index in [4.69, 9.17) is 4.74 Å². The standard InChI is InChI=1S/C18H26BrNO/c1-18(2)13-20(12-16(10-19)21-18)11-15-8-5-7-14-6-3-4-9-17(14)15/h3-4,6,9,15-16H,5,7-8,10-13H2,1-2H3. The lowest BCUT2D eigenvalue weighted by molar-refractivity contribution is -0.127. The number of ether oxygens (including phenoxy) is 1. The van der Waals surface area contributed by atoms with Crippen LogP contribution in [-0.4, -0.2) is 41.6 Å². The first-order valence-corrected chi connectivity index (χ1v) is 9.23. The van der Waals surface area contributed by atoms with Crippen molar-refractivity contribution in [3.8, 4) is 0 Å². The fourth-order valence-corrected chi connectivity index (χ4v) is 4.33. The second-order valence-electron chi connectivity index (χ2n) is 7.14. The van der Waals surface area contributed by atoms with Gasteiger partial charge in [0.2, 0.25) is 0 Å². The molecule has 116 valence electrons. The lowest BCUT2D eigenvalue weighted by Crippen LogP contribution is -2.54. The van der Waals surface area contributed by atoms with Gasteiger partial charge in [-0.2, -0.15) is 0 Å². The first kappa shape index (κ1) is 15.5. The highest BCUT2D eigenvalue weighted by molar-refractivity contribution is 9.09. The van der Waals surface area contributed by atoms with Crippen molar-refractivity contribution in [2.75, 3.05) is 25.0 Å². The number of hydrogen-bond acceptors (Lipinski definition) is 2. The number of alkyl halides is 1. The molecule has 2 atom stereocenters. The smallest absolute Gasteiger partial charge is 0.0806 e. The monoisotopic (exact) mass is 351 g/mol. The van der Waals surface area contributed by atoms with Gasteiger partial charge in [-0.1, -0.05) is 40.2 Å². The Morgan fingerprint density at radius 1 is 1.33 bits per heavy atom. The number of rotatable bonds is 3. The van der Waals surface area contributed by atoms with Gasteiger partial charge in [0.05, 0.1) is 11.7 Å². The largest absolute Gasteiger partial charge is 0.369 e. The zero-order chi connectivity index (χ0) is 14.9. The molecule has 1 aliphatic carbocycles. The van der Waals surface area contributed by atoms with Gasteiger partial charge >= 0.3 is 0 Å². The van der Waals surface area contributed by atoms with Crippen LogP contribution < -0.4 is 0 Å². The van der Waals surface area contributed by atoms with Crippen molar-refractivity contribution in [1.82, 2.24) is 4.90 Å². The number of halogens is 1. The average molecular weight is 352 g/mol. The minimum absolute atomic E-state index is 0.0368. The van der Waals surface area contributed by atoms with Gasteiger partial charge in [-0.3, -0.25) is 4.90 Å². The van der Waals surface area contributed by atoms with Crippen LogP contribution in [0.25, 0.3) is 0 Å². The molecule has 0 bridgehead atoms. The summed E-state index contributed by atoms with van der Waals surface area (Å²) in [4.78, 5) is 2.61. The molecule has 2 unspecified atom stereocenters. The van der Waals surface area contributed by atoms with Crippen molar-refractivity contribution in [3.63, 3.8) is 0 Å². The summed E-state index contributed by atoms with van der Waals surface area (Å²) in [5, 5.41) is 0.925. The maximum atomic E-state index is 6.12. The van der Waals surface area contributed by atoms with Crippen molar-refractivity contribution < 1.29 is 4.74 Å². The van der Waals surface area contributed by atoms with Crippen molar-refractivity contribution in [1.29, 1.82) is 0 Å². The summed E-state index contributed by atoms with van der Waals surface area (Å²) in [7, 11) is 0. The number of benzene rings is 1. The highest BCUT2D eigenvalue weighted by atomic mass is 79.9. The molecule has 21 heavy (non-hydrogen) atoms. The topological polar surface area (TPSA) is 12.5 Å². The molecule has 1 aliphatic heterocycles. The minimum Gasteiger partial charge on any atom is -0.369 e. The highest BCUT2D eigenvalue weighted by Crippen LogP contribution is 2.33. The van der Waals surface area contributed by atoms with Crippen LogP contribution in [0.1, 0.15) is 43.7 Å². The van der Waals surface area contributed by atoms with Crippen LogP contribution in [0, 0.1) is 0 Å². The normalized spacial score (nSPS) is 29.1. The summed E-state index contributed by atoms with van der Waals surface area (Å²) in [6, 6.07) is 9.03. The Hall–Kier alpha value is -0.380. The Bertz CT molecular complexity index is 488. The SMILES string of the molecule is CC1(C)CN(CC2CCCc3ccccc32)CC(CBr)O1. The van der Waals surface area contributed by atoms with E-state index in [1.807, 2.05) is 0 Å². The first-order chi connectivity index (χ1) is 10.1. The zero-order valence-corrected chi connectivity index (χ0v) is 14.7. The van der Waals surface area contributed by atoms with Crippen molar-refractivity contribution in [2.24, 2.45) is 0 Å². The molecule has 0 saturated carbocycles. The molecule has 0 aromatic heterocycles. The van der Waals surface area contributed by atoms with Crippen molar-refractivity contribution in [3.05, 3.63) is 35.4 Å². The maximum Gasteiger partial charge on any atom is 0.0806 e. The van der Waals surface area contributed by atoms with Crippen molar-refractivity contribution in [2.45, 2.75) is 50.7 Å². The van der Waals surface area contributed by atoms with E-state index in [0.717, 1.165) is 18.4 Å². The van der Waals surface area contributed by atoms with Gasteiger partial charge < -0.3 is 4.74 Å². The van der Waals surface area contributed by atoms with Gasteiger partial charge in [0.15, 0.2) is 0 Å². The fraction of sp³-hybridized carbons (Fsp3) is 0.667. The minimum atomic E-state index is -0.0368. The molecule has 2 aliphatic rings. The van der Waals surface area contributed by atoms with Crippen LogP contribution in [0.2, 0.25) is 0 Å². The molecule has 0 amide bonds. The third-order valence-corrected chi connectivity index (χ3v) is 5.42. The number of hydrogen-bond donors (Lipinski definition) is 0. The molecular formula is C18H26BrNO. The number of morpholine rings is 1. The van der Waals surface area contributed by atoms with Crippen LogP contribution in [0.3, 0.4) is 0 Å². The lowest BCUT2D eigenvalue weighted by Gasteiger charge is -2.44. The highest BCUT2D eigenvalue weighted by Gasteiger charge is 2.34. The van der Waals surface area contributed by atoms with Gasteiger partial charge in [-0.25, -0.2) is 0 Å². The predicted molar refractivity (Wildman–Crippen MR) is 91.3 cm³/mol. The molecule has 1 aromatic carbocycles. The molecule has 1 fully saturated rings. The molecule has 3 heteroatoms. The zero-order valence-electron chi connectivity index (χ0n) is 13.1. The molecular weight excluding hydrogens is 326 g/mol. The second kappa shape index (κ2) is 6.39.